The van der Waals surface area contributed by atoms with E-state index >= 15 is 0 Å². The minimum atomic E-state index is -0.177. The molecular weight excluding hydrogens is 254 g/mol. The van der Waals surface area contributed by atoms with E-state index in [4.69, 9.17) is 0 Å². The number of carbonyl (C=O) groups is 2. The number of benzene rings is 1. The normalized spacial score (nSPS) is 18.9. The molecule has 2 rings (SSSR count). The lowest BCUT2D eigenvalue weighted by Crippen LogP contribution is -2.37. The number of aryl methyl sites for hydroxylation is 1. The van der Waals surface area contributed by atoms with Gasteiger partial charge in [-0.05, 0) is 49.9 Å². The zero-order chi connectivity index (χ0) is 14.5. The van der Waals surface area contributed by atoms with Crippen LogP contribution in [0, 0.1) is 6.92 Å². The lowest BCUT2D eigenvalue weighted by molar-refractivity contribution is -0.121. The minimum absolute atomic E-state index is 0.0612. The summed E-state index contributed by atoms with van der Waals surface area (Å²) in [7, 11) is 0. The Morgan fingerprint density at radius 1 is 1.35 bits per heavy atom. The third-order valence-corrected chi connectivity index (χ3v) is 3.41. The van der Waals surface area contributed by atoms with Gasteiger partial charge in [-0.1, -0.05) is 0 Å². The van der Waals surface area contributed by atoms with Crippen molar-refractivity contribution in [2.24, 2.45) is 0 Å². The first-order valence-corrected chi connectivity index (χ1v) is 6.99. The third kappa shape index (κ3) is 3.73. The fourth-order valence-electron chi connectivity index (χ4n) is 2.36. The summed E-state index contributed by atoms with van der Waals surface area (Å²) in [6.07, 6.45) is 2.92. The van der Waals surface area contributed by atoms with E-state index in [9.17, 15) is 9.59 Å². The zero-order valence-corrected chi connectivity index (χ0v) is 12.0. The first kappa shape index (κ1) is 14.4. The van der Waals surface area contributed by atoms with Gasteiger partial charge in [0.05, 0.1) is 0 Å². The van der Waals surface area contributed by atoms with Gasteiger partial charge in [-0.3, -0.25) is 9.59 Å². The summed E-state index contributed by atoms with van der Waals surface area (Å²) >= 11 is 0. The van der Waals surface area contributed by atoms with Gasteiger partial charge in [0.2, 0.25) is 11.8 Å². The molecule has 0 spiro atoms. The van der Waals surface area contributed by atoms with Crippen molar-refractivity contribution in [1.29, 1.82) is 0 Å². The van der Waals surface area contributed by atoms with E-state index in [0.29, 0.717) is 0 Å². The average molecular weight is 275 g/mol. The molecule has 20 heavy (non-hydrogen) atoms. The van der Waals surface area contributed by atoms with Crippen molar-refractivity contribution in [2.45, 2.75) is 39.2 Å². The van der Waals surface area contributed by atoms with Gasteiger partial charge in [0, 0.05) is 24.8 Å². The monoisotopic (exact) mass is 275 g/mol. The first-order chi connectivity index (χ1) is 9.56. The molecule has 3 N–H and O–H groups in total. The Morgan fingerprint density at radius 3 is 2.85 bits per heavy atom. The highest BCUT2D eigenvalue weighted by molar-refractivity contribution is 5.90. The second-order valence-electron chi connectivity index (χ2n) is 5.19. The van der Waals surface area contributed by atoms with Crippen LogP contribution in [0.25, 0.3) is 0 Å². The van der Waals surface area contributed by atoms with E-state index in [2.05, 4.69) is 16.0 Å². The molecule has 1 fully saturated rings. The molecule has 0 radical (unpaired) electrons. The number of hydrogen-bond donors (Lipinski definition) is 3. The predicted molar refractivity (Wildman–Crippen MR) is 79.8 cm³/mol. The molecular formula is C15H21N3O2. The minimum Gasteiger partial charge on any atom is -0.374 e. The summed E-state index contributed by atoms with van der Waals surface area (Å²) in [6, 6.07) is 5.51. The molecule has 0 saturated carbocycles. The van der Waals surface area contributed by atoms with Crippen molar-refractivity contribution in [1.82, 2.24) is 5.32 Å². The Morgan fingerprint density at radius 2 is 2.15 bits per heavy atom. The molecule has 1 aromatic carbocycles. The van der Waals surface area contributed by atoms with E-state index in [1.165, 1.54) is 6.92 Å². The van der Waals surface area contributed by atoms with Crippen LogP contribution < -0.4 is 16.0 Å². The van der Waals surface area contributed by atoms with E-state index in [1.54, 1.807) is 0 Å². The second-order valence-corrected chi connectivity index (χ2v) is 5.19. The van der Waals surface area contributed by atoms with Crippen LogP contribution in [0.3, 0.4) is 0 Å². The van der Waals surface area contributed by atoms with Crippen LogP contribution in [0.2, 0.25) is 0 Å². The van der Waals surface area contributed by atoms with Crippen molar-refractivity contribution in [3.05, 3.63) is 23.8 Å². The van der Waals surface area contributed by atoms with Crippen molar-refractivity contribution >= 4 is 23.2 Å². The summed E-state index contributed by atoms with van der Waals surface area (Å²) in [4.78, 5) is 23.0. The number of anilines is 2. The van der Waals surface area contributed by atoms with E-state index < -0.39 is 0 Å². The van der Waals surface area contributed by atoms with Gasteiger partial charge < -0.3 is 16.0 Å². The molecule has 5 heteroatoms. The molecule has 0 unspecified atom stereocenters. The standard InChI is InChI=1S/C15H21N3O2/c1-10-9-12(6-7-13(10)17-11(2)19)18-14-5-3-4-8-16-15(14)20/h6-7,9,14,18H,3-5,8H2,1-2H3,(H,16,20)(H,17,19)/t14-/m1/s1. The van der Waals surface area contributed by atoms with Crippen LogP contribution >= 0.6 is 0 Å². The van der Waals surface area contributed by atoms with E-state index in [0.717, 1.165) is 42.7 Å². The fraction of sp³-hybridized carbons (Fsp3) is 0.467. The fourth-order valence-corrected chi connectivity index (χ4v) is 2.36. The summed E-state index contributed by atoms with van der Waals surface area (Å²) < 4.78 is 0. The van der Waals surface area contributed by atoms with Crippen LogP contribution in [0.1, 0.15) is 31.7 Å². The summed E-state index contributed by atoms with van der Waals surface area (Å²) in [5.41, 5.74) is 2.67. The van der Waals surface area contributed by atoms with Crippen molar-refractivity contribution in [3.63, 3.8) is 0 Å². The molecule has 2 amide bonds. The van der Waals surface area contributed by atoms with Crippen molar-refractivity contribution in [2.75, 3.05) is 17.2 Å². The Labute approximate surface area is 119 Å². The maximum absolute atomic E-state index is 11.9. The molecule has 1 aromatic rings. The van der Waals surface area contributed by atoms with Crippen LogP contribution in [-0.2, 0) is 9.59 Å². The van der Waals surface area contributed by atoms with E-state index in [-0.39, 0.29) is 17.9 Å². The molecule has 5 nitrogen and oxygen atoms in total. The summed E-state index contributed by atoms with van der Waals surface area (Å²) in [5, 5.41) is 8.95. The van der Waals surface area contributed by atoms with Gasteiger partial charge in [0.15, 0.2) is 0 Å². The van der Waals surface area contributed by atoms with Crippen molar-refractivity contribution < 1.29 is 9.59 Å². The van der Waals surface area contributed by atoms with Gasteiger partial charge in [-0.2, -0.15) is 0 Å². The zero-order valence-electron chi connectivity index (χ0n) is 12.0. The van der Waals surface area contributed by atoms with Crippen LogP contribution in [0.4, 0.5) is 11.4 Å². The number of rotatable bonds is 3. The van der Waals surface area contributed by atoms with Crippen LogP contribution in [0.5, 0.6) is 0 Å². The van der Waals surface area contributed by atoms with Gasteiger partial charge >= 0.3 is 0 Å². The number of nitrogens with one attached hydrogen (secondary N) is 3. The average Bonchev–Trinajstić information content (AvgIpc) is 2.58. The van der Waals surface area contributed by atoms with Crippen molar-refractivity contribution in [3.8, 4) is 0 Å². The third-order valence-electron chi connectivity index (χ3n) is 3.41. The highest BCUT2D eigenvalue weighted by atomic mass is 16.2. The maximum Gasteiger partial charge on any atom is 0.242 e. The molecule has 1 aliphatic rings. The number of carbonyl (C=O) groups excluding carboxylic acids is 2. The second kappa shape index (κ2) is 6.41. The smallest absolute Gasteiger partial charge is 0.242 e. The maximum atomic E-state index is 11.9. The SMILES string of the molecule is CC(=O)Nc1ccc(N[C@@H]2CCCCNC2=O)cc1C. The Kier molecular flexibility index (Phi) is 4.61. The Bertz CT molecular complexity index is 514. The molecule has 1 heterocycles. The lowest BCUT2D eigenvalue weighted by Gasteiger charge is -2.17. The highest BCUT2D eigenvalue weighted by Gasteiger charge is 2.20. The van der Waals surface area contributed by atoms with Gasteiger partial charge in [-0.25, -0.2) is 0 Å². The highest BCUT2D eigenvalue weighted by Crippen LogP contribution is 2.21. The molecule has 1 atom stereocenters. The first-order valence-electron chi connectivity index (χ1n) is 6.99. The molecule has 108 valence electrons. The summed E-state index contributed by atoms with van der Waals surface area (Å²) in [6.45, 7) is 4.18. The molecule has 1 saturated heterocycles. The molecule has 0 bridgehead atoms. The number of hydrogen-bond acceptors (Lipinski definition) is 3. The summed E-state index contributed by atoms with van der Waals surface area (Å²) in [5.74, 6) is -0.0250. The molecule has 1 aliphatic heterocycles. The van der Waals surface area contributed by atoms with Gasteiger partial charge in [0.1, 0.15) is 6.04 Å². The predicted octanol–water partition coefficient (Wildman–Crippen LogP) is 2.03. The number of amides is 2. The topological polar surface area (TPSA) is 70.2 Å². The molecule has 0 aliphatic carbocycles. The Balaban J connectivity index is 2.07. The lowest BCUT2D eigenvalue weighted by atomic mass is 10.1. The quantitative estimate of drug-likeness (QED) is 0.790. The van der Waals surface area contributed by atoms with E-state index in [1.807, 2.05) is 25.1 Å². The van der Waals surface area contributed by atoms with Crippen LogP contribution in [-0.4, -0.2) is 24.4 Å². The van der Waals surface area contributed by atoms with Crippen LogP contribution in [0.15, 0.2) is 18.2 Å². The van der Waals surface area contributed by atoms with Gasteiger partial charge in [0.25, 0.3) is 0 Å². The molecule has 0 aromatic heterocycles. The largest absolute Gasteiger partial charge is 0.374 e. The Hall–Kier alpha value is -2.04. The van der Waals surface area contributed by atoms with Gasteiger partial charge in [-0.15, -0.1) is 0 Å².